The predicted molar refractivity (Wildman–Crippen MR) is 126 cm³/mol. The monoisotopic (exact) mass is 494 g/mol. The van der Waals surface area contributed by atoms with Crippen molar-refractivity contribution in [3.8, 4) is 0 Å². The number of likely N-dealkylation sites (tertiary alicyclic amines) is 1. The first kappa shape index (κ1) is 21.4. The number of carbonyl (C=O) groups is 3. The van der Waals surface area contributed by atoms with Crippen LogP contribution in [0.15, 0.2) is 46.9 Å². The van der Waals surface area contributed by atoms with E-state index in [9.17, 15) is 14.4 Å². The van der Waals surface area contributed by atoms with Crippen LogP contribution in [-0.4, -0.2) is 28.7 Å². The van der Waals surface area contributed by atoms with Gasteiger partial charge in [-0.3, -0.25) is 19.3 Å². The number of halogens is 1. The normalized spacial score (nSPS) is 27.0. The van der Waals surface area contributed by atoms with E-state index in [2.05, 4.69) is 21.2 Å². The SMILES string of the molecule is Cc1c(Br)ccc(NC(=O)[C@H](Cc2ccccc2)N2C(=O)[C@H]3[C@@H]4CC[C@@H](C4)[C@@H]3C2=O)c1C. The molecule has 5 rings (SSSR count). The Labute approximate surface area is 196 Å². The molecule has 3 fully saturated rings. The Morgan fingerprint density at radius 2 is 1.62 bits per heavy atom. The molecule has 1 heterocycles. The zero-order valence-corrected chi connectivity index (χ0v) is 19.9. The van der Waals surface area contributed by atoms with Crippen LogP contribution in [0.25, 0.3) is 0 Å². The third kappa shape index (κ3) is 3.40. The summed E-state index contributed by atoms with van der Waals surface area (Å²) in [5.41, 5.74) is 3.63. The number of benzene rings is 2. The molecule has 6 heteroatoms. The Kier molecular flexibility index (Phi) is 5.44. The number of hydrogen-bond donors (Lipinski definition) is 1. The standard InChI is InChI=1S/C26H27BrN2O3/c1-14-15(2)20(11-10-19(14)27)28-24(30)21(12-16-6-4-3-5-7-16)29-25(31)22-17-8-9-18(13-17)23(22)26(29)32/h3-7,10-11,17-18,21-23H,8-9,12-13H2,1-2H3,(H,28,30)/t17-,18+,21-,22-,23-/m0/s1. The smallest absolute Gasteiger partial charge is 0.248 e. The van der Waals surface area contributed by atoms with Crippen molar-refractivity contribution in [2.24, 2.45) is 23.7 Å². The van der Waals surface area contributed by atoms with E-state index < -0.39 is 6.04 Å². The molecule has 1 saturated heterocycles. The van der Waals surface area contributed by atoms with E-state index in [1.54, 1.807) is 0 Å². The largest absolute Gasteiger partial charge is 0.324 e. The highest BCUT2D eigenvalue weighted by Gasteiger charge is 2.62. The third-order valence-electron chi connectivity index (χ3n) is 7.83. The maximum Gasteiger partial charge on any atom is 0.248 e. The van der Waals surface area contributed by atoms with Gasteiger partial charge in [0.25, 0.3) is 0 Å². The van der Waals surface area contributed by atoms with Gasteiger partial charge in [0.05, 0.1) is 11.8 Å². The maximum absolute atomic E-state index is 13.6. The minimum Gasteiger partial charge on any atom is -0.324 e. The second-order valence-corrected chi connectivity index (χ2v) is 10.3. The van der Waals surface area contributed by atoms with Gasteiger partial charge < -0.3 is 5.32 Å². The lowest BCUT2D eigenvalue weighted by Crippen LogP contribution is -2.49. The van der Waals surface area contributed by atoms with Crippen LogP contribution in [0.1, 0.15) is 36.0 Å². The molecule has 5 atom stereocenters. The zero-order valence-electron chi connectivity index (χ0n) is 18.3. The van der Waals surface area contributed by atoms with Crippen LogP contribution in [0.4, 0.5) is 5.69 Å². The summed E-state index contributed by atoms with van der Waals surface area (Å²) < 4.78 is 0.974. The number of rotatable bonds is 5. The minimum atomic E-state index is -0.856. The van der Waals surface area contributed by atoms with Crippen LogP contribution in [-0.2, 0) is 20.8 Å². The van der Waals surface area contributed by atoms with Crippen molar-refractivity contribution < 1.29 is 14.4 Å². The molecule has 3 aliphatic rings. The lowest BCUT2D eigenvalue weighted by atomic mass is 9.81. The summed E-state index contributed by atoms with van der Waals surface area (Å²) in [7, 11) is 0. The number of amides is 3. The molecule has 32 heavy (non-hydrogen) atoms. The van der Waals surface area contributed by atoms with Crippen LogP contribution < -0.4 is 5.32 Å². The molecule has 0 radical (unpaired) electrons. The summed E-state index contributed by atoms with van der Waals surface area (Å²) in [5.74, 6) is -0.480. The van der Waals surface area contributed by atoms with Crippen molar-refractivity contribution in [2.75, 3.05) is 5.32 Å². The molecule has 0 spiro atoms. The highest BCUT2D eigenvalue weighted by atomic mass is 79.9. The second-order valence-electron chi connectivity index (χ2n) is 9.47. The molecule has 2 saturated carbocycles. The molecular weight excluding hydrogens is 468 g/mol. The van der Waals surface area contributed by atoms with Crippen molar-refractivity contribution in [1.29, 1.82) is 0 Å². The van der Waals surface area contributed by atoms with E-state index in [0.717, 1.165) is 40.4 Å². The van der Waals surface area contributed by atoms with Gasteiger partial charge in [0.2, 0.25) is 17.7 Å². The van der Waals surface area contributed by atoms with E-state index in [0.29, 0.717) is 23.9 Å². The lowest BCUT2D eigenvalue weighted by molar-refractivity contribution is -0.147. The fourth-order valence-electron chi connectivity index (χ4n) is 6.02. The molecular formula is C26H27BrN2O3. The van der Waals surface area contributed by atoms with Gasteiger partial charge in [-0.25, -0.2) is 0 Å². The number of hydrogen-bond acceptors (Lipinski definition) is 3. The average molecular weight is 495 g/mol. The molecule has 3 amide bonds. The lowest BCUT2D eigenvalue weighted by Gasteiger charge is -2.27. The number of fused-ring (bicyclic) bond motifs is 5. The van der Waals surface area contributed by atoms with Gasteiger partial charge in [0.1, 0.15) is 6.04 Å². The molecule has 2 bridgehead atoms. The Bertz CT molecular complexity index is 1070. The first-order valence-corrected chi connectivity index (χ1v) is 12.1. The molecule has 2 aliphatic carbocycles. The number of nitrogens with one attached hydrogen (secondary N) is 1. The number of anilines is 1. The molecule has 5 nitrogen and oxygen atoms in total. The molecule has 2 aromatic carbocycles. The van der Waals surface area contributed by atoms with E-state index in [4.69, 9.17) is 0 Å². The van der Waals surface area contributed by atoms with Crippen LogP contribution >= 0.6 is 15.9 Å². The van der Waals surface area contributed by atoms with Crippen molar-refractivity contribution in [3.05, 3.63) is 63.6 Å². The van der Waals surface area contributed by atoms with Crippen molar-refractivity contribution in [2.45, 2.75) is 45.6 Å². The van der Waals surface area contributed by atoms with Crippen molar-refractivity contribution in [1.82, 2.24) is 4.90 Å². The summed E-state index contributed by atoms with van der Waals surface area (Å²) in [6, 6.07) is 12.5. The average Bonchev–Trinajstić information content (AvgIpc) is 3.47. The molecule has 1 N–H and O–H groups in total. The first-order valence-electron chi connectivity index (χ1n) is 11.3. The van der Waals surface area contributed by atoms with Gasteiger partial charge in [-0.05, 0) is 73.8 Å². The molecule has 166 valence electrons. The van der Waals surface area contributed by atoms with Crippen LogP contribution in [0.5, 0.6) is 0 Å². The van der Waals surface area contributed by atoms with E-state index in [1.165, 1.54) is 4.90 Å². The minimum absolute atomic E-state index is 0.146. The van der Waals surface area contributed by atoms with Gasteiger partial charge >= 0.3 is 0 Å². The quantitative estimate of drug-likeness (QED) is 0.615. The second kappa shape index (κ2) is 8.14. The van der Waals surface area contributed by atoms with Gasteiger partial charge in [-0.1, -0.05) is 46.3 Å². The Morgan fingerprint density at radius 1 is 1.00 bits per heavy atom. The molecule has 0 unspecified atom stereocenters. The Balaban J connectivity index is 1.47. The molecule has 2 aromatic rings. The van der Waals surface area contributed by atoms with Gasteiger partial charge in [0, 0.05) is 16.6 Å². The van der Waals surface area contributed by atoms with Gasteiger partial charge in [-0.15, -0.1) is 0 Å². The van der Waals surface area contributed by atoms with Crippen LogP contribution in [0.3, 0.4) is 0 Å². The number of imide groups is 1. The van der Waals surface area contributed by atoms with E-state index >= 15 is 0 Å². The van der Waals surface area contributed by atoms with E-state index in [-0.39, 0.29) is 29.6 Å². The predicted octanol–water partition coefficient (Wildman–Crippen LogP) is 4.65. The fourth-order valence-corrected chi connectivity index (χ4v) is 6.45. The Morgan fingerprint density at radius 3 is 2.25 bits per heavy atom. The summed E-state index contributed by atoms with van der Waals surface area (Å²) in [4.78, 5) is 41.8. The first-order chi connectivity index (χ1) is 15.4. The highest BCUT2D eigenvalue weighted by Crippen LogP contribution is 2.56. The number of nitrogens with zero attached hydrogens (tertiary/aromatic N) is 1. The summed E-state index contributed by atoms with van der Waals surface area (Å²) in [5, 5.41) is 3.01. The van der Waals surface area contributed by atoms with E-state index in [1.807, 2.05) is 56.3 Å². The van der Waals surface area contributed by atoms with Gasteiger partial charge in [-0.2, -0.15) is 0 Å². The fraction of sp³-hybridized carbons (Fsp3) is 0.423. The zero-order chi connectivity index (χ0) is 22.6. The summed E-state index contributed by atoms with van der Waals surface area (Å²) in [6.45, 7) is 3.94. The van der Waals surface area contributed by atoms with Crippen molar-refractivity contribution >= 4 is 39.3 Å². The van der Waals surface area contributed by atoms with Crippen LogP contribution in [0.2, 0.25) is 0 Å². The molecule has 0 aromatic heterocycles. The topological polar surface area (TPSA) is 66.5 Å². The van der Waals surface area contributed by atoms with Crippen molar-refractivity contribution in [3.63, 3.8) is 0 Å². The third-order valence-corrected chi connectivity index (χ3v) is 8.69. The number of carbonyl (C=O) groups excluding carboxylic acids is 3. The maximum atomic E-state index is 13.6. The Hall–Kier alpha value is -2.47. The summed E-state index contributed by atoms with van der Waals surface area (Å²) >= 11 is 3.52. The van der Waals surface area contributed by atoms with Gasteiger partial charge in [0.15, 0.2) is 0 Å². The van der Waals surface area contributed by atoms with Crippen LogP contribution in [0, 0.1) is 37.5 Å². The summed E-state index contributed by atoms with van der Waals surface area (Å²) in [6.07, 6.45) is 3.33. The molecule has 1 aliphatic heterocycles. The highest BCUT2D eigenvalue weighted by molar-refractivity contribution is 9.10.